The van der Waals surface area contributed by atoms with E-state index in [1.165, 1.54) is 4.90 Å². The minimum atomic E-state index is -1.21. The summed E-state index contributed by atoms with van der Waals surface area (Å²) < 4.78 is 5.20. The summed E-state index contributed by atoms with van der Waals surface area (Å²) in [5, 5.41) is 3.35. The first-order chi connectivity index (χ1) is 15.0. The van der Waals surface area contributed by atoms with Crippen LogP contribution in [-0.2, 0) is 19.9 Å². The molecule has 2 aromatic rings. The third-order valence-electron chi connectivity index (χ3n) is 7.31. The summed E-state index contributed by atoms with van der Waals surface area (Å²) in [6, 6.07) is 12.1. The molecule has 2 aromatic carbocycles. The molecule has 1 N–H and O–H groups in total. The molecule has 4 atom stereocenters. The summed E-state index contributed by atoms with van der Waals surface area (Å²) in [4.78, 5) is 44.3. The van der Waals surface area contributed by atoms with E-state index in [2.05, 4.69) is 10.2 Å². The van der Waals surface area contributed by atoms with Gasteiger partial charge in [0, 0.05) is 11.6 Å². The Labute approximate surface area is 183 Å². The molecule has 1 spiro atoms. The van der Waals surface area contributed by atoms with Crippen LogP contribution < -0.4 is 15.0 Å². The van der Waals surface area contributed by atoms with Gasteiger partial charge in [-0.2, -0.15) is 0 Å². The number of benzene rings is 2. The van der Waals surface area contributed by atoms with Gasteiger partial charge in [0.1, 0.15) is 11.3 Å². The number of hydrogen-bond donors (Lipinski definition) is 1. The predicted molar refractivity (Wildman–Crippen MR) is 114 cm³/mol. The van der Waals surface area contributed by atoms with Crippen LogP contribution >= 0.6 is 11.6 Å². The molecule has 4 aliphatic heterocycles. The van der Waals surface area contributed by atoms with Crippen LogP contribution in [0.25, 0.3) is 0 Å². The number of anilines is 2. The van der Waals surface area contributed by atoms with Gasteiger partial charge in [-0.1, -0.05) is 23.7 Å². The van der Waals surface area contributed by atoms with E-state index in [-0.39, 0.29) is 23.8 Å². The first kappa shape index (κ1) is 18.8. The molecule has 0 saturated carbocycles. The van der Waals surface area contributed by atoms with Crippen molar-refractivity contribution < 1.29 is 19.1 Å². The second kappa shape index (κ2) is 6.31. The molecule has 6 rings (SSSR count). The standard InChI is InChI=1S/C23H20ClN3O4/c1-31-13-9-7-12(8-10-13)27-20(28)17-16-6-3-11-26(16)23(18(17)21(27)29)14-4-2-5-15(24)19(14)25-22(23)30/h2,4-5,7-10,16-18H,3,6,11H2,1H3,(H,25,30). The predicted octanol–water partition coefficient (Wildman–Crippen LogP) is 2.78. The van der Waals surface area contributed by atoms with Crippen molar-refractivity contribution in [1.82, 2.24) is 4.90 Å². The zero-order valence-corrected chi connectivity index (χ0v) is 17.6. The lowest BCUT2D eigenvalue weighted by Gasteiger charge is -2.36. The van der Waals surface area contributed by atoms with Gasteiger partial charge in [0.15, 0.2) is 0 Å². The molecule has 8 heteroatoms. The van der Waals surface area contributed by atoms with Gasteiger partial charge in [-0.15, -0.1) is 0 Å². The van der Waals surface area contributed by atoms with Gasteiger partial charge in [-0.05, 0) is 49.7 Å². The van der Waals surface area contributed by atoms with Gasteiger partial charge in [-0.25, -0.2) is 4.90 Å². The van der Waals surface area contributed by atoms with E-state index < -0.39 is 17.4 Å². The average Bonchev–Trinajstić information content (AvgIpc) is 3.47. The normalized spacial score (nSPS) is 31.2. The Bertz CT molecular complexity index is 1150. The Balaban J connectivity index is 1.53. The van der Waals surface area contributed by atoms with Gasteiger partial charge in [0.05, 0.1) is 35.3 Å². The van der Waals surface area contributed by atoms with Crippen LogP contribution in [0.4, 0.5) is 11.4 Å². The van der Waals surface area contributed by atoms with Crippen molar-refractivity contribution in [2.24, 2.45) is 11.8 Å². The molecule has 0 aromatic heterocycles. The SMILES string of the molecule is COc1ccc(N2C(=O)C3C4CCCN4C4(C(=O)Nc5c(Cl)cccc54)C3C2=O)cc1. The molecule has 3 fully saturated rings. The maximum Gasteiger partial charge on any atom is 0.250 e. The van der Waals surface area contributed by atoms with Crippen LogP contribution in [0.15, 0.2) is 42.5 Å². The summed E-state index contributed by atoms with van der Waals surface area (Å²) >= 11 is 6.39. The van der Waals surface area contributed by atoms with Crippen LogP contribution in [0.1, 0.15) is 18.4 Å². The fourth-order valence-electron chi connectivity index (χ4n) is 6.18. The fraction of sp³-hybridized carbons (Fsp3) is 0.348. The Morgan fingerprint density at radius 2 is 1.87 bits per heavy atom. The molecule has 3 saturated heterocycles. The number of halogens is 1. The molecule has 158 valence electrons. The van der Waals surface area contributed by atoms with E-state index in [0.717, 1.165) is 12.8 Å². The maximum atomic E-state index is 13.8. The van der Waals surface area contributed by atoms with Crippen LogP contribution in [0, 0.1) is 11.8 Å². The molecule has 0 aliphatic carbocycles. The molecule has 31 heavy (non-hydrogen) atoms. The Morgan fingerprint density at radius 1 is 1.10 bits per heavy atom. The number of para-hydroxylation sites is 1. The third-order valence-corrected chi connectivity index (χ3v) is 7.62. The zero-order valence-electron chi connectivity index (χ0n) is 16.8. The van der Waals surface area contributed by atoms with Gasteiger partial charge < -0.3 is 10.1 Å². The summed E-state index contributed by atoms with van der Waals surface area (Å²) in [6.45, 7) is 0.667. The third kappa shape index (κ3) is 2.15. The van der Waals surface area contributed by atoms with Crippen LogP contribution in [0.2, 0.25) is 5.02 Å². The number of imide groups is 1. The first-order valence-corrected chi connectivity index (χ1v) is 10.8. The largest absolute Gasteiger partial charge is 0.497 e. The minimum absolute atomic E-state index is 0.152. The van der Waals surface area contributed by atoms with Crippen molar-refractivity contribution in [3.8, 4) is 5.75 Å². The van der Waals surface area contributed by atoms with E-state index in [0.29, 0.717) is 34.3 Å². The van der Waals surface area contributed by atoms with Crippen molar-refractivity contribution in [3.05, 3.63) is 53.1 Å². The monoisotopic (exact) mass is 437 g/mol. The Morgan fingerprint density at radius 3 is 2.61 bits per heavy atom. The number of carbonyl (C=O) groups excluding carboxylic acids is 3. The van der Waals surface area contributed by atoms with Crippen LogP contribution in [0.3, 0.4) is 0 Å². The van der Waals surface area contributed by atoms with E-state index in [1.807, 2.05) is 6.07 Å². The summed E-state index contributed by atoms with van der Waals surface area (Å²) in [7, 11) is 1.56. The highest BCUT2D eigenvalue weighted by Crippen LogP contribution is 2.61. The molecular formula is C23H20ClN3O4. The van der Waals surface area contributed by atoms with Crippen LogP contribution in [-0.4, -0.2) is 42.3 Å². The zero-order chi connectivity index (χ0) is 21.5. The Hall–Kier alpha value is -2.90. The molecule has 7 nitrogen and oxygen atoms in total. The van der Waals surface area contributed by atoms with Crippen molar-refractivity contribution in [3.63, 3.8) is 0 Å². The topological polar surface area (TPSA) is 79.0 Å². The average molecular weight is 438 g/mol. The van der Waals surface area contributed by atoms with Crippen molar-refractivity contribution in [2.45, 2.75) is 24.4 Å². The first-order valence-electron chi connectivity index (χ1n) is 10.4. The molecule has 4 aliphatic rings. The number of fused-ring (bicyclic) bond motifs is 7. The molecule has 4 heterocycles. The second-order valence-electron chi connectivity index (χ2n) is 8.50. The van der Waals surface area contributed by atoms with Crippen molar-refractivity contribution in [2.75, 3.05) is 23.9 Å². The van der Waals surface area contributed by atoms with E-state index in [1.54, 1.807) is 43.5 Å². The van der Waals surface area contributed by atoms with E-state index in [9.17, 15) is 14.4 Å². The number of rotatable bonds is 2. The number of hydrogen-bond acceptors (Lipinski definition) is 5. The van der Waals surface area contributed by atoms with Gasteiger partial charge in [0.2, 0.25) is 11.8 Å². The maximum absolute atomic E-state index is 13.8. The van der Waals surface area contributed by atoms with E-state index in [4.69, 9.17) is 16.3 Å². The number of amides is 3. The highest BCUT2D eigenvalue weighted by molar-refractivity contribution is 6.35. The number of methoxy groups -OCH3 is 1. The van der Waals surface area contributed by atoms with Gasteiger partial charge >= 0.3 is 0 Å². The lowest BCUT2D eigenvalue weighted by atomic mass is 9.75. The number of nitrogens with one attached hydrogen (secondary N) is 1. The van der Waals surface area contributed by atoms with Crippen molar-refractivity contribution in [1.29, 1.82) is 0 Å². The summed E-state index contributed by atoms with van der Waals surface area (Å²) in [5.74, 6) is -1.55. The lowest BCUT2D eigenvalue weighted by Crippen LogP contribution is -2.54. The highest BCUT2D eigenvalue weighted by atomic mass is 35.5. The molecule has 4 unspecified atom stereocenters. The Kier molecular flexibility index (Phi) is 3.83. The quantitative estimate of drug-likeness (QED) is 0.731. The second-order valence-corrected chi connectivity index (χ2v) is 8.91. The number of nitrogens with zero attached hydrogens (tertiary/aromatic N) is 2. The minimum Gasteiger partial charge on any atom is -0.497 e. The van der Waals surface area contributed by atoms with Gasteiger partial charge in [0.25, 0.3) is 5.91 Å². The number of ether oxygens (including phenoxy) is 1. The van der Waals surface area contributed by atoms with Crippen LogP contribution in [0.5, 0.6) is 5.75 Å². The molecule has 0 radical (unpaired) electrons. The summed E-state index contributed by atoms with van der Waals surface area (Å²) in [6.07, 6.45) is 1.66. The van der Waals surface area contributed by atoms with Gasteiger partial charge in [-0.3, -0.25) is 19.3 Å². The summed E-state index contributed by atoms with van der Waals surface area (Å²) in [5.41, 5.74) is 0.528. The van der Waals surface area contributed by atoms with E-state index >= 15 is 0 Å². The highest BCUT2D eigenvalue weighted by Gasteiger charge is 2.74. The molecule has 0 bridgehead atoms. The van der Waals surface area contributed by atoms with Crippen molar-refractivity contribution >= 4 is 40.7 Å². The fourth-order valence-corrected chi connectivity index (χ4v) is 6.40. The number of carbonyl (C=O) groups is 3. The molecule has 3 amide bonds. The smallest absolute Gasteiger partial charge is 0.250 e. The molecular weight excluding hydrogens is 418 g/mol. The lowest BCUT2D eigenvalue weighted by molar-refractivity contribution is -0.135.